The van der Waals surface area contributed by atoms with Crippen LogP contribution in [0.25, 0.3) is 11.1 Å². The molecule has 7 heteroatoms. The Hall–Kier alpha value is -1.99. The monoisotopic (exact) mass is 560 g/mol. The normalized spacial score (nSPS) is 23.4. The Bertz CT molecular complexity index is 1160. The molecule has 0 spiro atoms. The van der Waals surface area contributed by atoms with E-state index in [0.717, 1.165) is 6.42 Å². The van der Waals surface area contributed by atoms with Gasteiger partial charge >= 0.3 is 0 Å². The van der Waals surface area contributed by atoms with E-state index in [1.807, 2.05) is 25.7 Å². The first-order valence-electron chi connectivity index (χ1n) is 13.2. The molecule has 1 N–H and O–H groups in total. The van der Waals surface area contributed by atoms with E-state index in [0.29, 0.717) is 41.0 Å². The summed E-state index contributed by atoms with van der Waals surface area (Å²) in [5.74, 6) is 0.402. The average Bonchev–Trinajstić information content (AvgIpc) is 2.83. The largest absolute Gasteiger partial charge is 0.387 e. The predicted molar refractivity (Wildman–Crippen MR) is 144 cm³/mol. The molecule has 1 aliphatic heterocycles. The summed E-state index contributed by atoms with van der Waals surface area (Å²) in [7, 11) is 0. The van der Waals surface area contributed by atoms with Crippen molar-refractivity contribution in [1.82, 2.24) is 9.47 Å². The molecule has 5 nitrogen and oxygen atoms in total. The van der Waals surface area contributed by atoms with Crippen molar-refractivity contribution in [1.29, 1.82) is 0 Å². The molecule has 36 heavy (non-hydrogen) atoms. The van der Waals surface area contributed by atoms with Crippen molar-refractivity contribution in [2.24, 2.45) is 17.3 Å². The van der Waals surface area contributed by atoms with Crippen LogP contribution in [-0.2, 0) is 11.3 Å². The molecule has 1 aromatic carbocycles. The van der Waals surface area contributed by atoms with Gasteiger partial charge in [-0.2, -0.15) is 0 Å². The van der Waals surface area contributed by atoms with E-state index in [-0.39, 0.29) is 23.9 Å². The smallest absolute Gasteiger partial charge is 0.251 e. The maximum atomic E-state index is 14.3. The molecule has 2 fully saturated rings. The van der Waals surface area contributed by atoms with Crippen LogP contribution in [0.5, 0.6) is 0 Å². The highest BCUT2D eigenvalue weighted by atomic mass is 79.9. The molecular formula is C29H38BrFN2O3. The Morgan fingerprint density at radius 3 is 2.56 bits per heavy atom. The number of hydrogen-bond acceptors (Lipinski definition) is 3. The second-order valence-electron chi connectivity index (χ2n) is 11.5. The topological polar surface area (TPSA) is 62.5 Å². The van der Waals surface area contributed by atoms with Gasteiger partial charge in [-0.05, 0) is 40.8 Å². The number of benzene rings is 1. The molecule has 4 rings (SSSR count). The molecule has 1 aromatic heterocycles. The highest BCUT2D eigenvalue weighted by Crippen LogP contribution is 2.41. The zero-order valence-electron chi connectivity index (χ0n) is 21.6. The third kappa shape index (κ3) is 5.62. The Labute approximate surface area is 221 Å². The van der Waals surface area contributed by atoms with Crippen LogP contribution in [0.3, 0.4) is 0 Å². The highest BCUT2D eigenvalue weighted by molar-refractivity contribution is 9.10. The zero-order chi connectivity index (χ0) is 26.1. The number of nitrogens with zero attached hydrogens (tertiary/aromatic N) is 2. The molecule has 1 saturated heterocycles. The summed E-state index contributed by atoms with van der Waals surface area (Å²) in [5, 5.41) is 11.7. The first-order chi connectivity index (χ1) is 17.0. The van der Waals surface area contributed by atoms with Crippen LogP contribution in [-0.4, -0.2) is 39.2 Å². The van der Waals surface area contributed by atoms with Crippen molar-refractivity contribution in [3.63, 3.8) is 0 Å². The zero-order valence-corrected chi connectivity index (χ0v) is 23.2. The minimum atomic E-state index is -1.17. The summed E-state index contributed by atoms with van der Waals surface area (Å²) < 4.78 is 16.4. The van der Waals surface area contributed by atoms with Crippen LogP contribution < -0.4 is 5.56 Å². The fourth-order valence-electron chi connectivity index (χ4n) is 6.01. The fraction of sp³-hybridized carbons (Fsp3) is 0.586. The maximum absolute atomic E-state index is 14.3. The first kappa shape index (κ1) is 27.1. The van der Waals surface area contributed by atoms with E-state index in [9.17, 15) is 19.1 Å². The van der Waals surface area contributed by atoms with Gasteiger partial charge in [0.2, 0.25) is 5.91 Å². The number of likely N-dealkylation sites (tertiary alicyclic amines) is 1. The molecule has 1 amide bonds. The second-order valence-corrected chi connectivity index (χ2v) is 12.4. The molecule has 0 radical (unpaired) electrons. The third-order valence-electron chi connectivity index (χ3n) is 8.46. The SMILES string of the molecule is C[C@H](CC1CCCCC1)C(=O)N1CCC(O)(Cn2cc(Br)c(-c3ccccc3F)cc2=O)C(C)(C)C1. The van der Waals surface area contributed by atoms with Crippen molar-refractivity contribution in [2.75, 3.05) is 13.1 Å². The molecule has 1 saturated carbocycles. The van der Waals surface area contributed by atoms with E-state index >= 15 is 0 Å². The lowest BCUT2D eigenvalue weighted by Crippen LogP contribution is -2.61. The molecule has 2 aromatic rings. The van der Waals surface area contributed by atoms with Gasteiger partial charge in [-0.15, -0.1) is 0 Å². The number of hydrogen-bond donors (Lipinski definition) is 1. The van der Waals surface area contributed by atoms with Crippen LogP contribution >= 0.6 is 15.9 Å². The Kier molecular flexibility index (Phi) is 8.10. The average molecular weight is 562 g/mol. The van der Waals surface area contributed by atoms with Gasteiger partial charge in [0.1, 0.15) is 5.82 Å². The van der Waals surface area contributed by atoms with Gasteiger partial charge in [0.15, 0.2) is 0 Å². The van der Waals surface area contributed by atoms with E-state index in [4.69, 9.17) is 0 Å². The minimum absolute atomic E-state index is 0.0143. The molecule has 1 aliphatic carbocycles. The van der Waals surface area contributed by atoms with Crippen LogP contribution in [0.15, 0.2) is 45.8 Å². The molecule has 2 heterocycles. The third-order valence-corrected chi connectivity index (χ3v) is 9.09. The van der Waals surface area contributed by atoms with Gasteiger partial charge in [-0.1, -0.05) is 71.1 Å². The predicted octanol–water partition coefficient (Wildman–Crippen LogP) is 6.01. The van der Waals surface area contributed by atoms with Crippen molar-refractivity contribution < 1.29 is 14.3 Å². The summed E-state index contributed by atoms with van der Waals surface area (Å²) in [4.78, 5) is 28.2. The van der Waals surface area contributed by atoms with E-state index in [2.05, 4.69) is 15.9 Å². The number of carbonyl (C=O) groups is 1. The summed E-state index contributed by atoms with van der Waals surface area (Å²) >= 11 is 3.49. The maximum Gasteiger partial charge on any atom is 0.251 e. The molecule has 0 bridgehead atoms. The summed E-state index contributed by atoms with van der Waals surface area (Å²) in [6, 6.07) is 7.75. The number of carbonyl (C=O) groups excluding carboxylic acids is 1. The van der Waals surface area contributed by atoms with Crippen LogP contribution in [0.4, 0.5) is 4.39 Å². The molecule has 2 atom stereocenters. The fourth-order valence-corrected chi connectivity index (χ4v) is 6.59. The Balaban J connectivity index is 1.47. The van der Waals surface area contributed by atoms with E-state index in [1.54, 1.807) is 24.4 Å². The summed E-state index contributed by atoms with van der Waals surface area (Å²) in [6.45, 7) is 6.99. The number of aromatic nitrogens is 1. The molecule has 1 unspecified atom stereocenters. The van der Waals surface area contributed by atoms with Crippen molar-refractivity contribution in [3.8, 4) is 11.1 Å². The summed E-state index contributed by atoms with van der Waals surface area (Å²) in [5.41, 5.74) is -1.25. The number of halogens is 2. The summed E-state index contributed by atoms with van der Waals surface area (Å²) in [6.07, 6.45) is 9.26. The lowest BCUT2D eigenvalue weighted by molar-refractivity contribution is -0.157. The van der Waals surface area contributed by atoms with Crippen molar-refractivity contribution in [3.05, 3.63) is 57.2 Å². The quantitative estimate of drug-likeness (QED) is 0.470. The standard InChI is InChI=1S/C29H38BrFN2O3/c1-20(15-21-9-5-4-6-10-21)27(35)32-14-13-29(36,28(2,3)18-32)19-33-17-24(30)23(16-26(33)34)22-11-7-8-12-25(22)31/h7-8,11-12,16-17,20-21,36H,4-6,9-10,13-15,18-19H2,1-3H3/t20-,29?/m1/s1. The van der Waals surface area contributed by atoms with Crippen LogP contribution in [0.1, 0.15) is 65.7 Å². The molecular weight excluding hydrogens is 523 g/mol. The van der Waals surface area contributed by atoms with E-state index in [1.165, 1.54) is 48.8 Å². The van der Waals surface area contributed by atoms with Crippen molar-refractivity contribution in [2.45, 2.75) is 77.9 Å². The van der Waals surface area contributed by atoms with E-state index < -0.39 is 16.8 Å². The van der Waals surface area contributed by atoms with Gasteiger partial charge in [0.05, 0.1) is 12.1 Å². The second kappa shape index (κ2) is 10.8. The Morgan fingerprint density at radius 2 is 1.89 bits per heavy atom. The van der Waals surface area contributed by atoms with Crippen molar-refractivity contribution >= 4 is 21.8 Å². The number of pyridine rings is 1. The number of rotatable bonds is 6. The first-order valence-corrected chi connectivity index (χ1v) is 14.0. The highest BCUT2D eigenvalue weighted by Gasteiger charge is 2.49. The Morgan fingerprint density at radius 1 is 1.19 bits per heavy atom. The van der Waals surface area contributed by atoms with Gasteiger partial charge in [-0.3, -0.25) is 9.59 Å². The van der Waals surface area contributed by atoms with Gasteiger partial charge < -0.3 is 14.6 Å². The minimum Gasteiger partial charge on any atom is -0.387 e. The van der Waals surface area contributed by atoms with Gasteiger partial charge in [-0.25, -0.2) is 4.39 Å². The molecule has 196 valence electrons. The lowest BCUT2D eigenvalue weighted by Gasteiger charge is -2.51. The number of piperidine rings is 1. The van der Waals surface area contributed by atoms with Crippen LogP contribution in [0.2, 0.25) is 0 Å². The van der Waals surface area contributed by atoms with Gasteiger partial charge in [0, 0.05) is 52.3 Å². The van der Waals surface area contributed by atoms with Crippen LogP contribution in [0, 0.1) is 23.1 Å². The lowest BCUT2D eigenvalue weighted by atomic mass is 9.69. The molecule has 2 aliphatic rings. The number of amides is 1. The van der Waals surface area contributed by atoms with Gasteiger partial charge in [0.25, 0.3) is 5.56 Å². The number of aliphatic hydroxyl groups is 1.